The number of aromatic nitrogens is 1. The average Bonchev–Trinajstić information content (AvgIpc) is 3.04. The molecule has 0 saturated carbocycles. The van der Waals surface area contributed by atoms with Gasteiger partial charge in [-0.15, -0.1) is 0 Å². The first-order chi connectivity index (χ1) is 11.3. The van der Waals surface area contributed by atoms with E-state index in [4.69, 9.17) is 11.6 Å². The predicted molar refractivity (Wildman–Crippen MR) is 98.6 cm³/mol. The molecule has 0 amide bonds. The smallest absolute Gasteiger partial charge is 0.231 e. The molecule has 0 aliphatic heterocycles. The lowest BCUT2D eigenvalue weighted by atomic mass is 10.1. The van der Waals surface area contributed by atoms with Crippen LogP contribution >= 0.6 is 22.9 Å². The first kappa shape index (κ1) is 14.2. The van der Waals surface area contributed by atoms with Gasteiger partial charge in [-0.05, 0) is 35.7 Å². The molecular weight excluding hydrogens is 324 g/mol. The monoisotopic (exact) mass is 337 g/mol. The van der Waals surface area contributed by atoms with Crippen molar-refractivity contribution < 1.29 is 4.98 Å². The van der Waals surface area contributed by atoms with Crippen molar-refractivity contribution in [3.8, 4) is 11.3 Å². The van der Waals surface area contributed by atoms with E-state index in [2.05, 4.69) is 58.1 Å². The number of H-pyrrole nitrogens is 1. The maximum absolute atomic E-state index is 5.95. The minimum Gasteiger partial charge on any atom is -0.231 e. The molecule has 4 heteroatoms. The van der Waals surface area contributed by atoms with E-state index in [1.54, 1.807) is 11.3 Å². The Labute approximate surface area is 143 Å². The summed E-state index contributed by atoms with van der Waals surface area (Å²) in [4.78, 5) is 3.43. The van der Waals surface area contributed by atoms with Crippen molar-refractivity contribution in [2.45, 2.75) is 0 Å². The van der Waals surface area contributed by atoms with Crippen LogP contribution in [0.2, 0.25) is 5.02 Å². The SMILES string of the molecule is Clc1ccc(-c2csc(Nc3cccc4ccccc34)[nH+]2)cc1. The standard InChI is InChI=1S/C19H13ClN2S/c20-15-10-8-14(9-11-15)18-12-23-19(22-18)21-17-7-3-5-13-4-1-2-6-16(13)17/h1-12H,(H,21,22)/p+1. The third kappa shape index (κ3) is 2.93. The lowest BCUT2D eigenvalue weighted by molar-refractivity contribution is -0.340. The van der Waals surface area contributed by atoms with E-state index in [1.807, 2.05) is 24.3 Å². The van der Waals surface area contributed by atoms with E-state index in [0.717, 1.165) is 27.1 Å². The van der Waals surface area contributed by atoms with Crippen LogP contribution < -0.4 is 10.3 Å². The first-order valence-electron chi connectivity index (χ1n) is 7.31. The van der Waals surface area contributed by atoms with Gasteiger partial charge in [0.15, 0.2) is 0 Å². The highest BCUT2D eigenvalue weighted by Gasteiger charge is 2.12. The Balaban J connectivity index is 1.66. The second kappa shape index (κ2) is 6.03. The Morgan fingerprint density at radius 1 is 0.870 bits per heavy atom. The maximum atomic E-state index is 5.95. The fourth-order valence-corrected chi connectivity index (χ4v) is 3.48. The second-order valence-corrected chi connectivity index (χ2v) is 6.58. The van der Waals surface area contributed by atoms with E-state index in [9.17, 15) is 0 Å². The summed E-state index contributed by atoms with van der Waals surface area (Å²) in [6, 6.07) is 22.5. The molecule has 4 aromatic rings. The summed E-state index contributed by atoms with van der Waals surface area (Å²) in [7, 11) is 0. The normalized spacial score (nSPS) is 10.8. The summed E-state index contributed by atoms with van der Waals surface area (Å²) >= 11 is 7.60. The lowest BCUT2D eigenvalue weighted by Gasteiger charge is -2.01. The Kier molecular flexibility index (Phi) is 3.74. The molecule has 0 saturated heterocycles. The van der Waals surface area contributed by atoms with E-state index < -0.39 is 0 Å². The van der Waals surface area contributed by atoms with Crippen molar-refractivity contribution in [3.05, 3.63) is 77.1 Å². The van der Waals surface area contributed by atoms with Crippen LogP contribution in [0.4, 0.5) is 10.8 Å². The molecule has 0 unspecified atom stereocenters. The molecule has 0 atom stereocenters. The van der Waals surface area contributed by atoms with Crippen LogP contribution in [0.5, 0.6) is 0 Å². The summed E-state index contributed by atoms with van der Waals surface area (Å²) < 4.78 is 0. The number of hydrogen-bond donors (Lipinski definition) is 1. The molecule has 2 N–H and O–H groups in total. The number of thiazole rings is 1. The molecular formula is C19H14ClN2S+. The van der Waals surface area contributed by atoms with Crippen molar-refractivity contribution in [2.24, 2.45) is 0 Å². The second-order valence-electron chi connectivity index (χ2n) is 5.26. The maximum Gasteiger partial charge on any atom is 0.337 e. The fraction of sp³-hybridized carbons (Fsp3) is 0. The molecule has 2 nitrogen and oxygen atoms in total. The van der Waals surface area contributed by atoms with E-state index in [1.165, 1.54) is 10.8 Å². The zero-order valence-electron chi connectivity index (χ0n) is 12.2. The highest BCUT2D eigenvalue weighted by atomic mass is 35.5. The highest BCUT2D eigenvalue weighted by Crippen LogP contribution is 2.28. The number of anilines is 2. The van der Waals surface area contributed by atoms with Gasteiger partial charge in [-0.25, -0.2) is 10.3 Å². The number of hydrogen-bond acceptors (Lipinski definition) is 2. The Bertz CT molecular complexity index is 955. The summed E-state index contributed by atoms with van der Waals surface area (Å²) in [5.41, 5.74) is 3.30. The van der Waals surface area contributed by atoms with Crippen LogP contribution in [0, 0.1) is 0 Å². The van der Waals surface area contributed by atoms with Crippen LogP contribution in [0.3, 0.4) is 0 Å². The van der Waals surface area contributed by atoms with Crippen molar-refractivity contribution in [1.82, 2.24) is 0 Å². The minimum atomic E-state index is 0.748. The van der Waals surface area contributed by atoms with Gasteiger partial charge in [-0.3, -0.25) is 0 Å². The average molecular weight is 338 g/mol. The summed E-state index contributed by atoms with van der Waals surface area (Å²) in [6.45, 7) is 0. The minimum absolute atomic E-state index is 0.748. The molecule has 0 aliphatic carbocycles. The predicted octanol–water partition coefficient (Wildman–Crippen LogP) is 5.78. The van der Waals surface area contributed by atoms with Crippen molar-refractivity contribution in [1.29, 1.82) is 0 Å². The summed E-state index contributed by atoms with van der Waals surface area (Å²) in [5.74, 6) is 0. The Hall–Kier alpha value is -2.36. The van der Waals surface area contributed by atoms with Gasteiger partial charge in [-0.2, -0.15) is 0 Å². The molecule has 0 aliphatic rings. The fourth-order valence-electron chi connectivity index (χ4n) is 2.59. The number of fused-ring (bicyclic) bond motifs is 1. The Morgan fingerprint density at radius 2 is 1.65 bits per heavy atom. The number of rotatable bonds is 3. The van der Waals surface area contributed by atoms with E-state index in [0.29, 0.717) is 0 Å². The molecule has 0 fully saturated rings. The van der Waals surface area contributed by atoms with Crippen LogP contribution in [0.15, 0.2) is 72.1 Å². The van der Waals surface area contributed by atoms with Crippen molar-refractivity contribution in [3.63, 3.8) is 0 Å². The third-order valence-corrected chi connectivity index (χ3v) is 4.78. The van der Waals surface area contributed by atoms with Crippen molar-refractivity contribution in [2.75, 3.05) is 5.32 Å². The van der Waals surface area contributed by atoms with Crippen LogP contribution in [0.1, 0.15) is 0 Å². The number of nitrogens with one attached hydrogen (secondary N) is 2. The largest absolute Gasteiger partial charge is 0.337 e. The first-order valence-corrected chi connectivity index (χ1v) is 8.57. The van der Waals surface area contributed by atoms with Crippen LogP contribution in [0.25, 0.3) is 22.0 Å². The highest BCUT2D eigenvalue weighted by molar-refractivity contribution is 7.13. The lowest BCUT2D eigenvalue weighted by Crippen LogP contribution is -2.07. The van der Waals surface area contributed by atoms with Crippen molar-refractivity contribution >= 4 is 44.5 Å². The summed E-state index contributed by atoms with van der Waals surface area (Å²) in [5, 5.41) is 9.79. The quantitative estimate of drug-likeness (QED) is 0.504. The molecule has 0 bridgehead atoms. The van der Waals surface area contributed by atoms with Gasteiger partial charge in [0.25, 0.3) is 0 Å². The van der Waals surface area contributed by atoms with E-state index >= 15 is 0 Å². The van der Waals surface area contributed by atoms with Gasteiger partial charge < -0.3 is 0 Å². The topological polar surface area (TPSA) is 26.2 Å². The number of halogens is 1. The molecule has 3 aromatic carbocycles. The van der Waals surface area contributed by atoms with Crippen LogP contribution in [-0.2, 0) is 0 Å². The molecule has 112 valence electrons. The van der Waals surface area contributed by atoms with Gasteiger partial charge in [0, 0.05) is 21.4 Å². The zero-order chi connectivity index (χ0) is 15.6. The molecule has 4 rings (SSSR count). The van der Waals surface area contributed by atoms with Gasteiger partial charge >= 0.3 is 5.13 Å². The van der Waals surface area contributed by atoms with Gasteiger partial charge in [0.05, 0.1) is 0 Å². The molecule has 1 aromatic heterocycles. The Morgan fingerprint density at radius 3 is 2.52 bits per heavy atom. The molecule has 23 heavy (non-hydrogen) atoms. The molecule has 0 radical (unpaired) electrons. The number of aromatic amines is 1. The summed E-state index contributed by atoms with van der Waals surface area (Å²) in [6.07, 6.45) is 0. The van der Waals surface area contributed by atoms with Crippen LogP contribution in [-0.4, -0.2) is 0 Å². The van der Waals surface area contributed by atoms with Gasteiger partial charge in [0.1, 0.15) is 11.4 Å². The zero-order valence-corrected chi connectivity index (χ0v) is 13.8. The number of benzene rings is 3. The van der Waals surface area contributed by atoms with E-state index in [-0.39, 0.29) is 0 Å². The third-order valence-electron chi connectivity index (χ3n) is 3.74. The molecule has 0 spiro atoms. The molecule has 1 heterocycles. The van der Waals surface area contributed by atoms with Gasteiger partial charge in [-0.1, -0.05) is 59.3 Å². The van der Waals surface area contributed by atoms with Gasteiger partial charge in [0.2, 0.25) is 0 Å².